The lowest BCUT2D eigenvalue weighted by atomic mass is 10.1. The summed E-state index contributed by atoms with van der Waals surface area (Å²) in [6, 6.07) is 4.76. The van der Waals surface area contributed by atoms with Crippen LogP contribution in [0.25, 0.3) is 0 Å². The Morgan fingerprint density at radius 1 is 1.30 bits per heavy atom. The second-order valence-electron chi connectivity index (χ2n) is 4.59. The van der Waals surface area contributed by atoms with Crippen LogP contribution in [0, 0.1) is 17.0 Å². The van der Waals surface area contributed by atoms with Gasteiger partial charge in [0.05, 0.1) is 4.92 Å². The van der Waals surface area contributed by atoms with Gasteiger partial charge in [0.25, 0.3) is 11.6 Å². The van der Waals surface area contributed by atoms with Crippen LogP contribution in [-0.2, 0) is 0 Å². The Morgan fingerprint density at radius 2 is 2.00 bits per heavy atom. The zero-order chi connectivity index (χ0) is 15.0. The Bertz CT molecular complexity index is 477. The van der Waals surface area contributed by atoms with E-state index in [4.69, 9.17) is 11.6 Å². The first-order valence-corrected chi connectivity index (χ1v) is 7.19. The lowest BCUT2D eigenvalue weighted by Crippen LogP contribution is -2.25. The van der Waals surface area contributed by atoms with Crippen LogP contribution in [0.15, 0.2) is 18.2 Å². The van der Waals surface area contributed by atoms with Gasteiger partial charge in [-0.15, -0.1) is 11.6 Å². The molecule has 5 nitrogen and oxygen atoms in total. The molecule has 0 aromatic heterocycles. The van der Waals surface area contributed by atoms with Gasteiger partial charge < -0.3 is 5.32 Å². The average Bonchev–Trinajstić information content (AvgIpc) is 2.41. The molecule has 1 N–H and O–H groups in total. The topological polar surface area (TPSA) is 72.2 Å². The molecular formula is C14H19ClN2O3. The second kappa shape index (κ2) is 8.53. The third-order valence-electron chi connectivity index (χ3n) is 3.01. The number of nitrogens with one attached hydrogen (secondary N) is 1. The van der Waals surface area contributed by atoms with Crippen LogP contribution >= 0.6 is 11.6 Å². The van der Waals surface area contributed by atoms with Crippen LogP contribution in [0.2, 0.25) is 0 Å². The molecule has 0 saturated carbocycles. The summed E-state index contributed by atoms with van der Waals surface area (Å²) in [5.41, 5.74) is 0.493. The number of nitrogens with zero attached hydrogens (tertiary/aromatic N) is 1. The van der Waals surface area contributed by atoms with Crippen molar-refractivity contribution in [2.24, 2.45) is 0 Å². The molecule has 0 aliphatic carbocycles. The van der Waals surface area contributed by atoms with Crippen molar-refractivity contribution in [2.45, 2.75) is 32.6 Å². The summed E-state index contributed by atoms with van der Waals surface area (Å²) in [5.74, 6) is 0.264. The molecule has 1 aromatic rings. The molecule has 0 unspecified atom stereocenters. The van der Waals surface area contributed by atoms with Gasteiger partial charge in [-0.05, 0) is 25.8 Å². The third kappa shape index (κ3) is 4.81. The van der Waals surface area contributed by atoms with Gasteiger partial charge in [0.15, 0.2) is 0 Å². The Balaban J connectivity index is 2.56. The summed E-state index contributed by atoms with van der Waals surface area (Å²) in [6.45, 7) is 2.15. The van der Waals surface area contributed by atoms with E-state index in [1.54, 1.807) is 19.1 Å². The summed E-state index contributed by atoms with van der Waals surface area (Å²) in [6.07, 6.45) is 3.84. The van der Waals surface area contributed by atoms with Gasteiger partial charge in [-0.2, -0.15) is 0 Å². The van der Waals surface area contributed by atoms with Crippen LogP contribution in [0.5, 0.6) is 0 Å². The number of benzene rings is 1. The van der Waals surface area contributed by atoms with Crippen molar-refractivity contribution in [3.63, 3.8) is 0 Å². The number of halogens is 1. The molecule has 6 heteroatoms. The van der Waals surface area contributed by atoms with Crippen molar-refractivity contribution in [1.29, 1.82) is 0 Å². The van der Waals surface area contributed by atoms with E-state index in [2.05, 4.69) is 5.32 Å². The number of carbonyl (C=O) groups excluding carboxylic acids is 1. The quantitative estimate of drug-likeness (QED) is 0.346. The highest BCUT2D eigenvalue weighted by Gasteiger charge is 2.21. The predicted molar refractivity (Wildman–Crippen MR) is 79.4 cm³/mol. The van der Waals surface area contributed by atoms with Crippen LogP contribution < -0.4 is 5.32 Å². The fraction of sp³-hybridized carbons (Fsp3) is 0.500. The van der Waals surface area contributed by atoms with Crippen LogP contribution in [0.1, 0.15) is 41.6 Å². The Kier molecular flexibility index (Phi) is 7.01. The van der Waals surface area contributed by atoms with E-state index in [9.17, 15) is 14.9 Å². The van der Waals surface area contributed by atoms with Crippen molar-refractivity contribution >= 4 is 23.2 Å². The van der Waals surface area contributed by atoms with Crippen molar-refractivity contribution in [3.05, 3.63) is 39.4 Å². The monoisotopic (exact) mass is 298 g/mol. The smallest absolute Gasteiger partial charge is 0.285 e. The van der Waals surface area contributed by atoms with Gasteiger partial charge in [0.1, 0.15) is 5.56 Å². The summed E-state index contributed by atoms with van der Waals surface area (Å²) >= 11 is 5.57. The molecular weight excluding hydrogens is 280 g/mol. The minimum Gasteiger partial charge on any atom is -0.352 e. The predicted octanol–water partition coefficient (Wildman–Crippen LogP) is 3.43. The molecule has 1 amide bonds. The fourth-order valence-electron chi connectivity index (χ4n) is 1.95. The lowest BCUT2D eigenvalue weighted by Gasteiger charge is -2.07. The largest absolute Gasteiger partial charge is 0.352 e. The number of alkyl halides is 1. The Labute approximate surface area is 123 Å². The maximum Gasteiger partial charge on any atom is 0.285 e. The number of aryl methyl sites for hydroxylation is 1. The standard InChI is InChI=1S/C14H19ClN2O3/c1-11-7-6-8-12(13(11)17(19)20)14(18)16-10-5-3-2-4-9-15/h6-8H,2-5,9-10H2,1H3,(H,16,18). The van der Waals surface area contributed by atoms with E-state index in [0.717, 1.165) is 25.7 Å². The molecule has 110 valence electrons. The summed E-state index contributed by atoms with van der Waals surface area (Å²) < 4.78 is 0. The third-order valence-corrected chi connectivity index (χ3v) is 3.28. The van der Waals surface area contributed by atoms with Crippen LogP contribution in [0.4, 0.5) is 5.69 Å². The zero-order valence-electron chi connectivity index (χ0n) is 11.5. The highest BCUT2D eigenvalue weighted by atomic mass is 35.5. The highest BCUT2D eigenvalue weighted by Crippen LogP contribution is 2.22. The number of unbranched alkanes of at least 4 members (excludes halogenated alkanes) is 3. The van der Waals surface area contributed by atoms with Crippen molar-refractivity contribution in [2.75, 3.05) is 12.4 Å². The van der Waals surface area contributed by atoms with E-state index >= 15 is 0 Å². The molecule has 0 saturated heterocycles. The number of rotatable bonds is 8. The van der Waals surface area contributed by atoms with E-state index < -0.39 is 10.8 Å². The molecule has 0 aliphatic rings. The molecule has 0 aliphatic heterocycles. The van der Waals surface area contributed by atoms with Gasteiger partial charge in [0.2, 0.25) is 0 Å². The molecule has 0 radical (unpaired) electrons. The highest BCUT2D eigenvalue weighted by molar-refractivity contribution is 6.17. The molecule has 0 atom stereocenters. The average molecular weight is 299 g/mol. The number of hydrogen-bond acceptors (Lipinski definition) is 3. The van der Waals surface area contributed by atoms with Crippen molar-refractivity contribution < 1.29 is 9.72 Å². The normalized spacial score (nSPS) is 10.3. The minimum absolute atomic E-state index is 0.118. The van der Waals surface area contributed by atoms with Gasteiger partial charge in [-0.1, -0.05) is 25.0 Å². The number of nitro benzene ring substituents is 1. The van der Waals surface area contributed by atoms with Gasteiger partial charge >= 0.3 is 0 Å². The molecule has 0 spiro atoms. The second-order valence-corrected chi connectivity index (χ2v) is 4.97. The van der Waals surface area contributed by atoms with Crippen molar-refractivity contribution in [3.8, 4) is 0 Å². The van der Waals surface area contributed by atoms with E-state index in [-0.39, 0.29) is 11.3 Å². The molecule has 1 rings (SSSR count). The molecule has 0 bridgehead atoms. The first-order chi connectivity index (χ1) is 9.57. The van der Waals surface area contributed by atoms with Gasteiger partial charge in [-0.25, -0.2) is 0 Å². The van der Waals surface area contributed by atoms with Gasteiger partial charge in [0, 0.05) is 18.0 Å². The summed E-state index contributed by atoms with van der Waals surface area (Å²) in [5, 5.41) is 13.7. The van der Waals surface area contributed by atoms with Crippen LogP contribution in [-0.4, -0.2) is 23.3 Å². The maximum absolute atomic E-state index is 12.0. The van der Waals surface area contributed by atoms with Gasteiger partial charge in [-0.3, -0.25) is 14.9 Å². The van der Waals surface area contributed by atoms with Crippen LogP contribution in [0.3, 0.4) is 0 Å². The lowest BCUT2D eigenvalue weighted by molar-refractivity contribution is -0.385. The van der Waals surface area contributed by atoms with E-state index in [0.29, 0.717) is 18.0 Å². The molecule has 20 heavy (non-hydrogen) atoms. The Morgan fingerprint density at radius 3 is 2.65 bits per heavy atom. The maximum atomic E-state index is 12.0. The number of nitro groups is 1. The van der Waals surface area contributed by atoms with E-state index in [1.807, 2.05) is 0 Å². The number of para-hydroxylation sites is 1. The molecule has 1 aromatic carbocycles. The number of carbonyl (C=O) groups is 1. The molecule has 0 heterocycles. The van der Waals surface area contributed by atoms with Crippen molar-refractivity contribution in [1.82, 2.24) is 5.32 Å². The fourth-order valence-corrected chi connectivity index (χ4v) is 2.14. The van der Waals surface area contributed by atoms with E-state index in [1.165, 1.54) is 6.07 Å². The summed E-state index contributed by atoms with van der Waals surface area (Å²) in [7, 11) is 0. The first-order valence-electron chi connectivity index (χ1n) is 6.66. The SMILES string of the molecule is Cc1cccc(C(=O)NCCCCCCCl)c1[N+](=O)[O-]. The number of amides is 1. The first kappa shape index (κ1) is 16.4. The zero-order valence-corrected chi connectivity index (χ0v) is 12.3. The summed E-state index contributed by atoms with van der Waals surface area (Å²) in [4.78, 5) is 22.5. The number of hydrogen-bond donors (Lipinski definition) is 1. The Hall–Kier alpha value is -1.62. The minimum atomic E-state index is -0.509. The molecule has 0 fully saturated rings.